The Morgan fingerprint density at radius 3 is 2.53 bits per heavy atom. The Hall–Kier alpha value is -1.92. The van der Waals surface area contributed by atoms with E-state index in [9.17, 15) is 15.3 Å². The summed E-state index contributed by atoms with van der Waals surface area (Å²) in [6.07, 6.45) is 6.18. The predicted octanol–water partition coefficient (Wildman–Crippen LogP) is 4.11. The fourth-order valence-corrected chi connectivity index (χ4v) is 3.38. The van der Waals surface area contributed by atoms with Crippen LogP contribution in [0.15, 0.2) is 48.5 Å². The van der Waals surface area contributed by atoms with Gasteiger partial charge < -0.3 is 25.4 Å². The molecule has 0 spiro atoms. The van der Waals surface area contributed by atoms with Gasteiger partial charge in [-0.25, -0.2) is 0 Å². The molecule has 4 N–H and O–H groups in total. The Kier molecular flexibility index (Phi) is 11.5. The summed E-state index contributed by atoms with van der Waals surface area (Å²) in [5, 5.41) is 32.3. The van der Waals surface area contributed by atoms with Crippen LogP contribution in [-0.4, -0.2) is 41.1 Å². The Morgan fingerprint density at radius 2 is 1.77 bits per heavy atom. The van der Waals surface area contributed by atoms with Crippen molar-refractivity contribution >= 4 is 0 Å². The second kappa shape index (κ2) is 14.1. The van der Waals surface area contributed by atoms with Gasteiger partial charge in [-0.05, 0) is 62.4 Å². The number of nitrogens with one attached hydrogen (secondary N) is 1. The maximum atomic E-state index is 10.2. The number of unbranched alkanes of at least 4 members (excludes halogenated alkanes) is 3. The van der Waals surface area contributed by atoms with Crippen LogP contribution in [0.25, 0.3) is 0 Å². The average Bonchev–Trinajstić information content (AvgIpc) is 2.77. The van der Waals surface area contributed by atoms with Crippen molar-refractivity contribution in [1.29, 1.82) is 0 Å². The van der Waals surface area contributed by atoms with Gasteiger partial charge in [0.15, 0.2) is 0 Å². The maximum absolute atomic E-state index is 10.2. The Balaban J connectivity index is 1.45. The summed E-state index contributed by atoms with van der Waals surface area (Å²) in [5.41, 5.74) is 2.50. The lowest BCUT2D eigenvalue weighted by atomic mass is 10.1. The third-order valence-electron chi connectivity index (χ3n) is 5.33. The average molecular weight is 416 g/mol. The summed E-state index contributed by atoms with van der Waals surface area (Å²) < 4.78 is 5.91. The van der Waals surface area contributed by atoms with Gasteiger partial charge in [-0.15, -0.1) is 0 Å². The van der Waals surface area contributed by atoms with E-state index in [1.807, 2.05) is 6.07 Å². The quantitative estimate of drug-likeness (QED) is 0.329. The van der Waals surface area contributed by atoms with Gasteiger partial charge in [-0.3, -0.25) is 0 Å². The monoisotopic (exact) mass is 415 g/mol. The fraction of sp³-hybridized carbons (Fsp3) is 0.520. The second-order valence-corrected chi connectivity index (χ2v) is 7.89. The van der Waals surface area contributed by atoms with Crippen molar-refractivity contribution < 1.29 is 20.1 Å². The van der Waals surface area contributed by atoms with E-state index in [2.05, 4.69) is 36.5 Å². The molecule has 166 valence electrons. The largest absolute Gasteiger partial charge is 0.508 e. The van der Waals surface area contributed by atoms with E-state index in [-0.39, 0.29) is 12.4 Å². The van der Waals surface area contributed by atoms with Crippen LogP contribution in [0.3, 0.4) is 0 Å². The lowest BCUT2D eigenvalue weighted by Crippen LogP contribution is -2.22. The molecule has 0 aliphatic rings. The van der Waals surface area contributed by atoms with Crippen molar-refractivity contribution in [3.63, 3.8) is 0 Å². The zero-order chi connectivity index (χ0) is 21.6. The molecule has 0 aromatic heterocycles. The van der Waals surface area contributed by atoms with Crippen molar-refractivity contribution in [2.45, 2.75) is 64.3 Å². The summed E-state index contributed by atoms with van der Waals surface area (Å²) in [5.74, 6) is 0.0518. The molecule has 0 saturated heterocycles. The third-order valence-corrected chi connectivity index (χ3v) is 5.33. The molecular weight excluding hydrogens is 378 g/mol. The van der Waals surface area contributed by atoms with Crippen molar-refractivity contribution in [1.82, 2.24) is 5.32 Å². The molecular formula is C25H37NO4. The molecule has 0 fully saturated rings. The first-order valence-electron chi connectivity index (χ1n) is 11.1. The van der Waals surface area contributed by atoms with Crippen molar-refractivity contribution in [2.24, 2.45) is 0 Å². The standard InChI is InChI=1S/C25H37NO4/c1-20(11-12-21-9-5-4-6-10-21)30-16-8-3-2-7-15-26-18-25(29)22-13-14-24(28)23(17-22)19-27/h4-6,9-10,13-14,17,20,25-29H,2-3,7-8,11-12,15-16,18-19H2,1H3/t20-,25+/m0/s1. The lowest BCUT2D eigenvalue weighted by molar-refractivity contribution is 0.0577. The van der Waals surface area contributed by atoms with Gasteiger partial charge in [0.1, 0.15) is 5.75 Å². The van der Waals surface area contributed by atoms with Gasteiger partial charge in [0.05, 0.1) is 18.8 Å². The molecule has 0 unspecified atom stereocenters. The predicted molar refractivity (Wildman–Crippen MR) is 121 cm³/mol. The van der Waals surface area contributed by atoms with Crippen molar-refractivity contribution in [3.8, 4) is 5.75 Å². The molecule has 2 atom stereocenters. The van der Waals surface area contributed by atoms with Crippen LogP contribution >= 0.6 is 0 Å². The Bertz CT molecular complexity index is 708. The zero-order valence-electron chi connectivity index (χ0n) is 18.1. The molecule has 0 amide bonds. The number of aliphatic hydroxyl groups is 2. The van der Waals surface area contributed by atoms with Crippen LogP contribution < -0.4 is 5.32 Å². The topological polar surface area (TPSA) is 82.0 Å². The van der Waals surface area contributed by atoms with Gasteiger partial charge in [-0.1, -0.05) is 49.2 Å². The van der Waals surface area contributed by atoms with Crippen LogP contribution in [-0.2, 0) is 17.8 Å². The minimum absolute atomic E-state index is 0.0518. The van der Waals surface area contributed by atoms with Crippen LogP contribution in [0.4, 0.5) is 0 Å². The summed E-state index contributed by atoms with van der Waals surface area (Å²) in [6, 6.07) is 15.4. The van der Waals surface area contributed by atoms with E-state index >= 15 is 0 Å². The van der Waals surface area contributed by atoms with E-state index in [0.29, 0.717) is 23.8 Å². The first-order chi connectivity index (χ1) is 14.6. The number of aryl methyl sites for hydroxylation is 1. The van der Waals surface area contributed by atoms with Crippen LogP contribution in [0.1, 0.15) is 61.8 Å². The number of aromatic hydroxyl groups is 1. The van der Waals surface area contributed by atoms with Crippen molar-refractivity contribution in [2.75, 3.05) is 19.7 Å². The SMILES string of the molecule is C[C@@H](CCc1ccccc1)OCCCCCCNC[C@@H](O)c1ccc(O)c(CO)c1. The molecule has 2 aromatic carbocycles. The van der Waals surface area contributed by atoms with Crippen LogP contribution in [0, 0.1) is 0 Å². The molecule has 2 aromatic rings. The number of hydrogen-bond acceptors (Lipinski definition) is 5. The molecule has 5 nitrogen and oxygen atoms in total. The van der Waals surface area contributed by atoms with Gasteiger partial charge in [0, 0.05) is 18.7 Å². The van der Waals surface area contributed by atoms with E-state index < -0.39 is 6.10 Å². The third kappa shape index (κ3) is 9.26. The maximum Gasteiger partial charge on any atom is 0.121 e. The number of phenols is 1. The lowest BCUT2D eigenvalue weighted by Gasteiger charge is -2.14. The second-order valence-electron chi connectivity index (χ2n) is 7.89. The van der Waals surface area contributed by atoms with E-state index in [1.165, 1.54) is 11.6 Å². The first-order valence-corrected chi connectivity index (χ1v) is 11.1. The normalized spacial score (nSPS) is 13.3. The first kappa shape index (κ1) is 24.4. The molecule has 5 heteroatoms. The molecule has 2 rings (SSSR count). The molecule has 0 bridgehead atoms. The van der Waals surface area contributed by atoms with Gasteiger partial charge >= 0.3 is 0 Å². The van der Waals surface area contributed by atoms with E-state index in [1.54, 1.807) is 12.1 Å². The molecule has 30 heavy (non-hydrogen) atoms. The zero-order valence-corrected chi connectivity index (χ0v) is 18.1. The highest BCUT2D eigenvalue weighted by atomic mass is 16.5. The molecule has 0 heterocycles. The fourth-order valence-electron chi connectivity index (χ4n) is 3.38. The van der Waals surface area contributed by atoms with Gasteiger partial charge in [-0.2, -0.15) is 0 Å². The number of rotatable bonds is 15. The van der Waals surface area contributed by atoms with Crippen molar-refractivity contribution in [3.05, 3.63) is 65.2 Å². The number of ether oxygens (including phenoxy) is 1. The number of aliphatic hydroxyl groups excluding tert-OH is 2. The van der Waals surface area contributed by atoms with E-state index in [4.69, 9.17) is 4.74 Å². The highest BCUT2D eigenvalue weighted by Gasteiger charge is 2.10. The minimum Gasteiger partial charge on any atom is -0.508 e. The summed E-state index contributed by atoms with van der Waals surface area (Å²) in [4.78, 5) is 0. The summed E-state index contributed by atoms with van der Waals surface area (Å²) >= 11 is 0. The van der Waals surface area contributed by atoms with E-state index in [0.717, 1.165) is 51.7 Å². The van der Waals surface area contributed by atoms with Crippen LogP contribution in [0.5, 0.6) is 5.75 Å². The summed E-state index contributed by atoms with van der Waals surface area (Å²) in [6.45, 7) is 4.04. The van der Waals surface area contributed by atoms with Gasteiger partial charge in [0.25, 0.3) is 0 Å². The Morgan fingerprint density at radius 1 is 1.00 bits per heavy atom. The highest BCUT2D eigenvalue weighted by Crippen LogP contribution is 2.22. The Labute approximate surface area is 180 Å². The number of benzene rings is 2. The summed E-state index contributed by atoms with van der Waals surface area (Å²) in [7, 11) is 0. The van der Waals surface area contributed by atoms with Crippen LogP contribution in [0.2, 0.25) is 0 Å². The highest BCUT2D eigenvalue weighted by molar-refractivity contribution is 5.36. The molecule has 0 aliphatic carbocycles. The smallest absolute Gasteiger partial charge is 0.121 e. The molecule has 0 radical (unpaired) electrons. The van der Waals surface area contributed by atoms with Gasteiger partial charge in [0.2, 0.25) is 0 Å². The minimum atomic E-state index is -0.651. The molecule has 0 saturated carbocycles. The molecule has 0 aliphatic heterocycles. The number of hydrogen-bond donors (Lipinski definition) is 4.